The fourth-order valence-corrected chi connectivity index (χ4v) is 2.55. The number of ether oxygens (including phenoxy) is 1. The topological polar surface area (TPSA) is 81.4 Å². The first-order valence-electron chi connectivity index (χ1n) is 6.11. The van der Waals surface area contributed by atoms with Gasteiger partial charge in [-0.25, -0.2) is 13.1 Å². The monoisotopic (exact) mass is 326 g/mol. The number of benzene rings is 1. The average Bonchev–Trinajstić information content (AvgIpc) is 2.37. The maximum atomic E-state index is 11.9. The molecule has 0 amide bonds. The van der Waals surface area contributed by atoms with Crippen LogP contribution in [0.3, 0.4) is 0 Å². The minimum atomic E-state index is -4.43. The third-order valence-corrected chi connectivity index (χ3v) is 3.96. The molecule has 3 N–H and O–H groups in total. The van der Waals surface area contributed by atoms with Gasteiger partial charge in [-0.2, -0.15) is 13.2 Å². The van der Waals surface area contributed by atoms with Crippen LogP contribution in [0.15, 0.2) is 29.2 Å². The Hall–Kier alpha value is -1.16. The van der Waals surface area contributed by atoms with Crippen molar-refractivity contribution in [2.75, 3.05) is 19.8 Å². The van der Waals surface area contributed by atoms with Crippen LogP contribution in [0.5, 0.6) is 0 Å². The van der Waals surface area contributed by atoms with Crippen LogP contribution in [-0.4, -0.2) is 34.4 Å². The summed E-state index contributed by atoms with van der Waals surface area (Å²) in [5.74, 6) is 0. The van der Waals surface area contributed by atoms with Crippen LogP contribution in [0.2, 0.25) is 0 Å². The molecule has 0 aliphatic rings. The molecule has 0 bridgehead atoms. The van der Waals surface area contributed by atoms with E-state index in [0.29, 0.717) is 5.56 Å². The molecule has 0 fully saturated rings. The molecule has 5 nitrogen and oxygen atoms in total. The summed E-state index contributed by atoms with van der Waals surface area (Å²) in [4.78, 5) is 0.00752. The Kier molecular flexibility index (Phi) is 6.14. The van der Waals surface area contributed by atoms with Crippen LogP contribution in [0.1, 0.15) is 18.5 Å². The summed E-state index contributed by atoms with van der Waals surface area (Å²) in [6.07, 6.45) is -4.43. The summed E-state index contributed by atoms with van der Waals surface area (Å²) >= 11 is 0. The summed E-state index contributed by atoms with van der Waals surface area (Å²) < 4.78 is 65.8. The predicted molar refractivity (Wildman–Crippen MR) is 71.1 cm³/mol. The van der Waals surface area contributed by atoms with E-state index in [-0.39, 0.29) is 24.1 Å². The molecule has 1 aromatic carbocycles. The molecule has 0 heterocycles. The fraction of sp³-hybridized carbons (Fsp3) is 0.500. The Balaban J connectivity index is 2.56. The Labute approximate surface area is 121 Å². The largest absolute Gasteiger partial charge is 0.411 e. The number of alkyl halides is 3. The lowest BCUT2D eigenvalue weighted by molar-refractivity contribution is -0.173. The standard InChI is InChI=1S/C12H17F3N2O3S/c1-9(16)10-3-2-4-11(7-10)21(18,19)17-5-6-20-8-12(13,14)15/h2-4,7,9,17H,5-6,8,16H2,1H3. The number of hydrogen-bond acceptors (Lipinski definition) is 4. The SMILES string of the molecule is CC(N)c1cccc(S(=O)(=O)NCCOCC(F)(F)F)c1. The minimum absolute atomic E-state index is 0.00752. The maximum absolute atomic E-state index is 11.9. The molecule has 0 aliphatic heterocycles. The molecule has 1 unspecified atom stereocenters. The smallest absolute Gasteiger partial charge is 0.371 e. The van der Waals surface area contributed by atoms with Crippen molar-refractivity contribution in [1.82, 2.24) is 4.72 Å². The third-order valence-electron chi connectivity index (χ3n) is 2.50. The van der Waals surface area contributed by atoms with E-state index in [1.165, 1.54) is 12.1 Å². The van der Waals surface area contributed by atoms with Crippen molar-refractivity contribution >= 4 is 10.0 Å². The van der Waals surface area contributed by atoms with Crippen LogP contribution < -0.4 is 10.5 Å². The molecule has 0 radical (unpaired) electrons. The van der Waals surface area contributed by atoms with Gasteiger partial charge in [-0.05, 0) is 24.6 Å². The Morgan fingerprint density at radius 2 is 2.05 bits per heavy atom. The Morgan fingerprint density at radius 3 is 2.62 bits per heavy atom. The summed E-state index contributed by atoms with van der Waals surface area (Å²) in [5, 5.41) is 0. The summed E-state index contributed by atoms with van der Waals surface area (Å²) in [5.41, 5.74) is 6.31. The Morgan fingerprint density at radius 1 is 1.38 bits per heavy atom. The van der Waals surface area contributed by atoms with E-state index < -0.39 is 22.8 Å². The highest BCUT2D eigenvalue weighted by Gasteiger charge is 2.27. The van der Waals surface area contributed by atoms with Crippen molar-refractivity contribution in [1.29, 1.82) is 0 Å². The van der Waals surface area contributed by atoms with Gasteiger partial charge in [-0.1, -0.05) is 12.1 Å². The number of hydrogen-bond donors (Lipinski definition) is 2. The van der Waals surface area contributed by atoms with Gasteiger partial charge in [0.15, 0.2) is 0 Å². The molecule has 0 aliphatic carbocycles. The number of rotatable bonds is 7. The molecule has 9 heteroatoms. The highest BCUT2D eigenvalue weighted by Crippen LogP contribution is 2.16. The van der Waals surface area contributed by atoms with E-state index in [9.17, 15) is 21.6 Å². The van der Waals surface area contributed by atoms with Crippen LogP contribution in [0, 0.1) is 0 Å². The van der Waals surface area contributed by atoms with Gasteiger partial charge >= 0.3 is 6.18 Å². The molecule has 21 heavy (non-hydrogen) atoms. The Bertz CT molecular complexity index is 559. The van der Waals surface area contributed by atoms with Gasteiger partial charge < -0.3 is 10.5 Å². The van der Waals surface area contributed by atoms with Gasteiger partial charge in [0.05, 0.1) is 11.5 Å². The number of halogens is 3. The first-order valence-corrected chi connectivity index (χ1v) is 7.60. The zero-order valence-corrected chi connectivity index (χ0v) is 12.2. The van der Waals surface area contributed by atoms with E-state index in [4.69, 9.17) is 5.73 Å². The third kappa shape index (κ3) is 6.42. The molecule has 0 spiro atoms. The van der Waals surface area contributed by atoms with Crippen LogP contribution in [0.4, 0.5) is 13.2 Å². The molecular weight excluding hydrogens is 309 g/mol. The van der Waals surface area contributed by atoms with E-state index in [1.54, 1.807) is 19.1 Å². The van der Waals surface area contributed by atoms with E-state index >= 15 is 0 Å². The van der Waals surface area contributed by atoms with Crippen molar-refractivity contribution in [3.05, 3.63) is 29.8 Å². The maximum Gasteiger partial charge on any atom is 0.411 e. The highest BCUT2D eigenvalue weighted by molar-refractivity contribution is 7.89. The average molecular weight is 326 g/mol. The minimum Gasteiger partial charge on any atom is -0.371 e. The molecular formula is C12H17F3N2O3S. The molecule has 120 valence electrons. The lowest BCUT2D eigenvalue weighted by atomic mass is 10.1. The van der Waals surface area contributed by atoms with Gasteiger partial charge in [0, 0.05) is 12.6 Å². The molecule has 0 aromatic heterocycles. The van der Waals surface area contributed by atoms with Gasteiger partial charge in [-0.3, -0.25) is 0 Å². The van der Waals surface area contributed by atoms with Crippen molar-refractivity contribution in [2.45, 2.75) is 24.0 Å². The normalized spacial score (nSPS) is 14.1. The first-order chi connectivity index (χ1) is 9.62. The highest BCUT2D eigenvalue weighted by atomic mass is 32.2. The van der Waals surface area contributed by atoms with Gasteiger partial charge in [0.25, 0.3) is 0 Å². The van der Waals surface area contributed by atoms with Crippen molar-refractivity contribution in [3.63, 3.8) is 0 Å². The van der Waals surface area contributed by atoms with Crippen molar-refractivity contribution < 1.29 is 26.3 Å². The zero-order valence-electron chi connectivity index (χ0n) is 11.4. The van der Waals surface area contributed by atoms with Gasteiger partial charge in [0.2, 0.25) is 10.0 Å². The second kappa shape index (κ2) is 7.21. The van der Waals surface area contributed by atoms with E-state index in [0.717, 1.165) is 0 Å². The summed E-state index contributed by atoms with van der Waals surface area (Å²) in [6.45, 7) is -0.314. The van der Waals surface area contributed by atoms with Gasteiger partial charge in [0.1, 0.15) is 6.61 Å². The fourth-order valence-electron chi connectivity index (χ4n) is 1.48. The summed E-state index contributed by atoms with van der Waals surface area (Å²) in [7, 11) is -3.80. The molecule has 0 saturated heterocycles. The molecule has 1 rings (SSSR count). The lowest BCUT2D eigenvalue weighted by Gasteiger charge is -2.11. The predicted octanol–water partition coefficient (Wildman–Crippen LogP) is 1.56. The molecule has 1 atom stereocenters. The van der Waals surface area contributed by atoms with Crippen LogP contribution >= 0.6 is 0 Å². The van der Waals surface area contributed by atoms with Gasteiger partial charge in [-0.15, -0.1) is 0 Å². The quantitative estimate of drug-likeness (QED) is 0.745. The first kappa shape index (κ1) is 17.9. The number of nitrogens with one attached hydrogen (secondary N) is 1. The second-order valence-electron chi connectivity index (χ2n) is 4.43. The van der Waals surface area contributed by atoms with Crippen molar-refractivity contribution in [3.8, 4) is 0 Å². The number of nitrogens with two attached hydrogens (primary N) is 1. The van der Waals surface area contributed by atoms with E-state index in [1.807, 2.05) is 0 Å². The van der Waals surface area contributed by atoms with Crippen molar-refractivity contribution in [2.24, 2.45) is 5.73 Å². The zero-order chi connectivity index (χ0) is 16.1. The van der Waals surface area contributed by atoms with Crippen LogP contribution in [0.25, 0.3) is 0 Å². The molecule has 0 saturated carbocycles. The molecule has 1 aromatic rings. The second-order valence-corrected chi connectivity index (χ2v) is 6.19. The van der Waals surface area contributed by atoms with E-state index in [2.05, 4.69) is 9.46 Å². The number of sulfonamides is 1. The van der Waals surface area contributed by atoms with Crippen LogP contribution in [-0.2, 0) is 14.8 Å². The lowest BCUT2D eigenvalue weighted by Crippen LogP contribution is -2.29. The summed E-state index contributed by atoms with van der Waals surface area (Å²) in [6, 6.07) is 5.72.